The number of aromatic nitrogens is 3. The first-order chi connectivity index (χ1) is 7.61. The second-order valence-corrected chi connectivity index (χ2v) is 5.20. The molecule has 1 unspecified atom stereocenters. The van der Waals surface area contributed by atoms with Crippen LogP contribution < -0.4 is 0 Å². The minimum atomic E-state index is 0.186. The third-order valence-electron chi connectivity index (χ3n) is 2.61. The van der Waals surface area contributed by atoms with E-state index in [4.69, 9.17) is 11.6 Å². The van der Waals surface area contributed by atoms with Crippen LogP contribution in [0.5, 0.6) is 0 Å². The van der Waals surface area contributed by atoms with E-state index in [2.05, 4.69) is 47.8 Å². The summed E-state index contributed by atoms with van der Waals surface area (Å²) < 4.78 is 1.99. The quantitative estimate of drug-likeness (QED) is 0.837. The lowest BCUT2D eigenvalue weighted by Gasteiger charge is -2.16. The molecule has 0 spiro atoms. The van der Waals surface area contributed by atoms with Crippen molar-refractivity contribution in [1.29, 1.82) is 0 Å². The van der Waals surface area contributed by atoms with Crippen LogP contribution in [0, 0.1) is 0 Å². The summed E-state index contributed by atoms with van der Waals surface area (Å²) in [6.45, 7) is 6.30. The van der Waals surface area contributed by atoms with E-state index >= 15 is 0 Å². The Bertz CT molecular complexity index is 462. The predicted molar refractivity (Wildman–Crippen MR) is 67.3 cm³/mol. The number of hydrogen-bond acceptors (Lipinski definition) is 3. The number of rotatable bonds is 3. The van der Waals surface area contributed by atoms with Gasteiger partial charge in [-0.2, -0.15) is 11.3 Å². The zero-order valence-electron chi connectivity index (χ0n) is 9.51. The van der Waals surface area contributed by atoms with Crippen molar-refractivity contribution in [2.75, 3.05) is 0 Å². The molecule has 86 valence electrons. The summed E-state index contributed by atoms with van der Waals surface area (Å²) in [5.41, 5.74) is 1.24. The Kier molecular flexibility index (Phi) is 3.30. The highest BCUT2D eigenvalue weighted by Crippen LogP contribution is 2.27. The van der Waals surface area contributed by atoms with Crippen molar-refractivity contribution in [3.8, 4) is 0 Å². The van der Waals surface area contributed by atoms with Crippen molar-refractivity contribution in [2.45, 2.75) is 32.7 Å². The number of halogens is 1. The Balaban J connectivity index is 2.43. The fourth-order valence-corrected chi connectivity index (χ4v) is 2.71. The van der Waals surface area contributed by atoms with E-state index in [1.165, 1.54) is 5.56 Å². The lowest BCUT2D eigenvalue weighted by molar-refractivity contribution is 0.580. The Morgan fingerprint density at radius 2 is 2.06 bits per heavy atom. The molecule has 3 nitrogen and oxygen atoms in total. The van der Waals surface area contributed by atoms with E-state index in [1.54, 1.807) is 11.3 Å². The summed E-state index contributed by atoms with van der Waals surface area (Å²) in [7, 11) is 0. The van der Waals surface area contributed by atoms with Gasteiger partial charge < -0.3 is 0 Å². The first kappa shape index (κ1) is 11.6. The molecule has 0 aliphatic carbocycles. The smallest absolute Gasteiger partial charge is 0.225 e. The average molecular weight is 256 g/mol. The van der Waals surface area contributed by atoms with Gasteiger partial charge in [0, 0.05) is 5.92 Å². The van der Waals surface area contributed by atoms with E-state index in [-0.39, 0.29) is 6.04 Å². The van der Waals surface area contributed by atoms with E-state index in [0.29, 0.717) is 11.2 Å². The van der Waals surface area contributed by atoms with Crippen molar-refractivity contribution >= 4 is 22.9 Å². The van der Waals surface area contributed by atoms with Gasteiger partial charge in [0.25, 0.3) is 0 Å². The standard InChI is InChI=1S/C11H14ClN3S/c1-7(2)10-13-14-11(12)15(10)8(3)9-4-5-16-6-9/h4-8H,1-3H3. The molecule has 2 rings (SSSR count). The highest BCUT2D eigenvalue weighted by molar-refractivity contribution is 7.07. The molecule has 0 N–H and O–H groups in total. The lowest BCUT2D eigenvalue weighted by Crippen LogP contribution is -2.11. The first-order valence-corrected chi connectivity index (χ1v) is 6.55. The van der Waals surface area contributed by atoms with Crippen molar-refractivity contribution in [3.63, 3.8) is 0 Å². The molecular formula is C11H14ClN3S. The summed E-state index contributed by atoms with van der Waals surface area (Å²) >= 11 is 7.78. The van der Waals surface area contributed by atoms with Crippen LogP contribution in [0.4, 0.5) is 0 Å². The predicted octanol–water partition coefficient (Wildman–Crippen LogP) is 3.73. The summed E-state index contributed by atoms with van der Waals surface area (Å²) in [5.74, 6) is 1.25. The van der Waals surface area contributed by atoms with Gasteiger partial charge in [-0.1, -0.05) is 13.8 Å². The Morgan fingerprint density at radius 1 is 1.31 bits per heavy atom. The maximum Gasteiger partial charge on any atom is 0.225 e. The minimum Gasteiger partial charge on any atom is -0.294 e. The number of hydrogen-bond donors (Lipinski definition) is 0. The molecule has 2 heterocycles. The topological polar surface area (TPSA) is 30.7 Å². The van der Waals surface area contributed by atoms with Crippen molar-refractivity contribution in [2.24, 2.45) is 0 Å². The fraction of sp³-hybridized carbons (Fsp3) is 0.455. The molecule has 0 aliphatic heterocycles. The maximum atomic E-state index is 6.09. The fourth-order valence-electron chi connectivity index (χ4n) is 1.70. The molecule has 2 aromatic rings. The molecule has 0 fully saturated rings. The molecule has 0 bridgehead atoms. The SMILES string of the molecule is CC(C)c1nnc(Cl)n1C(C)c1ccsc1. The highest BCUT2D eigenvalue weighted by Gasteiger charge is 2.19. The molecule has 0 radical (unpaired) electrons. The van der Waals surface area contributed by atoms with E-state index in [0.717, 1.165) is 5.82 Å². The molecule has 16 heavy (non-hydrogen) atoms. The molecule has 0 amide bonds. The van der Waals surface area contributed by atoms with Gasteiger partial charge in [-0.05, 0) is 40.9 Å². The van der Waals surface area contributed by atoms with E-state index in [1.807, 2.05) is 4.57 Å². The molecular weight excluding hydrogens is 242 g/mol. The number of nitrogens with zero attached hydrogens (tertiary/aromatic N) is 3. The van der Waals surface area contributed by atoms with Crippen LogP contribution in [0.3, 0.4) is 0 Å². The molecule has 0 aromatic carbocycles. The average Bonchev–Trinajstić information content (AvgIpc) is 2.84. The van der Waals surface area contributed by atoms with Crippen molar-refractivity contribution < 1.29 is 0 Å². The van der Waals surface area contributed by atoms with Gasteiger partial charge >= 0.3 is 0 Å². The van der Waals surface area contributed by atoms with Crippen LogP contribution in [0.15, 0.2) is 16.8 Å². The van der Waals surface area contributed by atoms with Gasteiger partial charge in [0.1, 0.15) is 5.82 Å². The second kappa shape index (κ2) is 4.55. The normalized spacial score (nSPS) is 13.3. The summed E-state index contributed by atoms with van der Waals surface area (Å²) in [4.78, 5) is 0. The molecule has 0 saturated heterocycles. The molecule has 0 saturated carbocycles. The van der Waals surface area contributed by atoms with Crippen molar-refractivity contribution in [1.82, 2.24) is 14.8 Å². The summed E-state index contributed by atoms with van der Waals surface area (Å²) in [5, 5.41) is 12.7. The largest absolute Gasteiger partial charge is 0.294 e. The van der Waals surface area contributed by atoms with Crippen LogP contribution in [0.2, 0.25) is 5.28 Å². The zero-order chi connectivity index (χ0) is 11.7. The summed E-state index contributed by atoms with van der Waals surface area (Å²) in [6.07, 6.45) is 0. The van der Waals surface area contributed by atoms with Gasteiger partial charge in [0.15, 0.2) is 0 Å². The second-order valence-electron chi connectivity index (χ2n) is 4.08. The maximum absolute atomic E-state index is 6.09. The Morgan fingerprint density at radius 3 is 2.62 bits per heavy atom. The van der Waals surface area contributed by atoms with Gasteiger partial charge in [0.2, 0.25) is 5.28 Å². The van der Waals surface area contributed by atoms with Gasteiger partial charge in [-0.3, -0.25) is 4.57 Å². The van der Waals surface area contributed by atoms with Crippen molar-refractivity contribution in [3.05, 3.63) is 33.5 Å². The lowest BCUT2D eigenvalue weighted by atomic mass is 10.1. The van der Waals surface area contributed by atoms with E-state index in [9.17, 15) is 0 Å². The Hall–Kier alpha value is -0.870. The molecule has 2 aromatic heterocycles. The highest BCUT2D eigenvalue weighted by atomic mass is 35.5. The van der Waals surface area contributed by atoms with E-state index < -0.39 is 0 Å². The van der Waals surface area contributed by atoms with Gasteiger partial charge in [-0.25, -0.2) is 0 Å². The molecule has 1 atom stereocenters. The van der Waals surface area contributed by atoms with Gasteiger partial charge in [0.05, 0.1) is 6.04 Å². The molecule has 5 heteroatoms. The van der Waals surface area contributed by atoms with Crippen LogP contribution in [-0.2, 0) is 0 Å². The van der Waals surface area contributed by atoms with Crippen LogP contribution in [-0.4, -0.2) is 14.8 Å². The number of thiophene rings is 1. The monoisotopic (exact) mass is 255 g/mol. The molecule has 0 aliphatic rings. The van der Waals surface area contributed by atoms with Crippen LogP contribution in [0.1, 0.15) is 44.1 Å². The van der Waals surface area contributed by atoms with Crippen LogP contribution in [0.25, 0.3) is 0 Å². The minimum absolute atomic E-state index is 0.186. The summed E-state index contributed by atoms with van der Waals surface area (Å²) in [6, 6.07) is 2.29. The van der Waals surface area contributed by atoms with Gasteiger partial charge in [-0.15, -0.1) is 10.2 Å². The Labute approximate surface area is 104 Å². The first-order valence-electron chi connectivity index (χ1n) is 5.23. The zero-order valence-corrected chi connectivity index (χ0v) is 11.1. The third kappa shape index (κ3) is 1.99. The van der Waals surface area contributed by atoms with Crippen LogP contribution >= 0.6 is 22.9 Å². The third-order valence-corrected chi connectivity index (χ3v) is 3.57.